The van der Waals surface area contributed by atoms with Gasteiger partial charge >= 0.3 is 0 Å². The van der Waals surface area contributed by atoms with Crippen LogP contribution in [0.15, 0.2) is 42.5 Å². The zero-order chi connectivity index (χ0) is 20.8. The predicted octanol–water partition coefficient (Wildman–Crippen LogP) is 2.59. The fourth-order valence-electron chi connectivity index (χ4n) is 5.08. The van der Waals surface area contributed by atoms with Crippen molar-refractivity contribution in [2.75, 3.05) is 5.32 Å². The quantitative estimate of drug-likeness (QED) is 0.591. The summed E-state index contributed by atoms with van der Waals surface area (Å²) in [4.78, 5) is 41.3. The van der Waals surface area contributed by atoms with E-state index in [1.54, 1.807) is 6.92 Å². The molecule has 7 nitrogen and oxygen atoms in total. The maximum absolute atomic E-state index is 13.4. The van der Waals surface area contributed by atoms with Gasteiger partial charge < -0.3 is 0 Å². The van der Waals surface area contributed by atoms with Gasteiger partial charge in [0.2, 0.25) is 22.9 Å². The van der Waals surface area contributed by atoms with Crippen molar-refractivity contribution in [3.63, 3.8) is 0 Å². The lowest BCUT2D eigenvalue weighted by Crippen LogP contribution is -2.49. The number of benzene rings is 1. The molecule has 1 N–H and O–H groups in total. The molecule has 2 bridgehead atoms. The number of nitrogens with zero attached hydrogens (tertiary/aromatic N) is 3. The molecule has 3 amide bonds. The molecule has 0 radical (unpaired) electrons. The molecule has 1 aromatic heterocycles. The van der Waals surface area contributed by atoms with Gasteiger partial charge in [-0.3, -0.25) is 24.6 Å². The normalized spacial score (nSPS) is 28.0. The molecule has 2 aromatic rings. The first-order chi connectivity index (χ1) is 14.5. The average molecular weight is 423 g/mol. The Bertz CT molecular complexity index is 1000. The number of aromatic nitrogens is 2. The smallest absolute Gasteiger partial charge is 0.249 e. The molecule has 3 aliphatic carbocycles. The minimum Gasteiger partial charge on any atom is -0.299 e. The molecule has 0 unspecified atom stereocenters. The van der Waals surface area contributed by atoms with E-state index in [0.29, 0.717) is 5.13 Å². The number of fused-ring (bicyclic) bond motifs is 1. The lowest BCUT2D eigenvalue weighted by atomic mass is 9.63. The van der Waals surface area contributed by atoms with Gasteiger partial charge in [-0.25, -0.2) is 0 Å². The predicted molar refractivity (Wildman–Crippen MR) is 111 cm³/mol. The van der Waals surface area contributed by atoms with Gasteiger partial charge in [0.25, 0.3) is 0 Å². The third-order valence-electron chi connectivity index (χ3n) is 6.44. The number of allylic oxidation sites excluding steroid dienone is 2. The van der Waals surface area contributed by atoms with E-state index in [-0.39, 0.29) is 41.9 Å². The lowest BCUT2D eigenvalue weighted by Gasteiger charge is -2.38. The van der Waals surface area contributed by atoms with Gasteiger partial charge in [0.1, 0.15) is 11.0 Å². The number of carbonyl (C=O) groups excluding carboxylic acids is 3. The van der Waals surface area contributed by atoms with Crippen molar-refractivity contribution in [2.24, 2.45) is 23.7 Å². The summed E-state index contributed by atoms with van der Waals surface area (Å²) < 4.78 is 0. The molecule has 1 aliphatic heterocycles. The highest BCUT2D eigenvalue weighted by atomic mass is 32.1. The summed E-state index contributed by atoms with van der Waals surface area (Å²) in [6, 6.07) is 8.55. The van der Waals surface area contributed by atoms with Crippen LogP contribution in [0.25, 0.3) is 0 Å². The third kappa shape index (κ3) is 3.15. The first-order valence-electron chi connectivity index (χ1n) is 10.2. The van der Waals surface area contributed by atoms with Crippen molar-refractivity contribution in [3.05, 3.63) is 53.1 Å². The van der Waals surface area contributed by atoms with Gasteiger partial charge in [0, 0.05) is 6.42 Å². The number of rotatable bonds is 5. The van der Waals surface area contributed by atoms with Gasteiger partial charge in [-0.05, 0) is 37.2 Å². The number of imide groups is 1. The van der Waals surface area contributed by atoms with Crippen LogP contribution >= 0.6 is 11.3 Å². The van der Waals surface area contributed by atoms with E-state index in [4.69, 9.17) is 0 Å². The Morgan fingerprint density at radius 1 is 1.10 bits per heavy atom. The van der Waals surface area contributed by atoms with E-state index >= 15 is 0 Å². The molecule has 154 valence electrons. The van der Waals surface area contributed by atoms with Crippen LogP contribution in [-0.2, 0) is 20.8 Å². The summed E-state index contributed by atoms with van der Waals surface area (Å²) >= 11 is 1.26. The molecule has 2 fully saturated rings. The Balaban J connectivity index is 1.47. The number of aryl methyl sites for hydroxylation is 1. The summed E-state index contributed by atoms with van der Waals surface area (Å²) in [5, 5.41) is 11.7. The van der Waals surface area contributed by atoms with E-state index in [9.17, 15) is 14.4 Å². The highest BCUT2D eigenvalue weighted by molar-refractivity contribution is 7.15. The molecule has 1 saturated heterocycles. The number of nitrogens with one attached hydrogen (secondary N) is 1. The number of hydrogen-bond acceptors (Lipinski definition) is 6. The molecule has 0 spiro atoms. The van der Waals surface area contributed by atoms with Crippen LogP contribution < -0.4 is 5.32 Å². The molecule has 4 aliphatic rings. The summed E-state index contributed by atoms with van der Waals surface area (Å²) in [6.07, 6.45) is 6.29. The van der Waals surface area contributed by atoms with Crippen molar-refractivity contribution in [3.8, 4) is 0 Å². The zero-order valence-corrected chi connectivity index (χ0v) is 17.3. The molecule has 2 heterocycles. The highest BCUT2D eigenvalue weighted by Crippen LogP contribution is 2.50. The standard InChI is InChI=1S/C22H22N4O3S/c1-12-24-25-22(30-12)23-19(27)16(11-13-5-3-2-4-6-13)26-20(28)17-14-7-8-15(10-9-14)18(17)21(26)29/h2-8,14-18H,9-11H2,1H3,(H,23,25,27)/t14-,15-,16-,17+,18+/m0/s1. The molecule has 8 heteroatoms. The zero-order valence-electron chi connectivity index (χ0n) is 16.5. The van der Waals surface area contributed by atoms with Gasteiger partial charge in [0.05, 0.1) is 11.8 Å². The molecule has 5 atom stereocenters. The molecule has 30 heavy (non-hydrogen) atoms. The lowest BCUT2D eigenvalue weighted by molar-refractivity contribution is -0.146. The van der Waals surface area contributed by atoms with Crippen molar-refractivity contribution in [2.45, 2.75) is 32.2 Å². The molecular weight excluding hydrogens is 400 g/mol. The second-order valence-corrected chi connectivity index (χ2v) is 9.39. The van der Waals surface area contributed by atoms with Crippen LogP contribution in [0.3, 0.4) is 0 Å². The summed E-state index contributed by atoms with van der Waals surface area (Å²) in [7, 11) is 0. The van der Waals surface area contributed by atoms with E-state index in [2.05, 4.69) is 27.7 Å². The Morgan fingerprint density at radius 3 is 2.27 bits per heavy atom. The number of amides is 3. The second kappa shape index (κ2) is 7.43. The van der Waals surface area contributed by atoms with E-state index in [0.717, 1.165) is 23.4 Å². The van der Waals surface area contributed by atoms with Gasteiger partial charge in [-0.2, -0.15) is 0 Å². The maximum Gasteiger partial charge on any atom is 0.249 e. The number of anilines is 1. The van der Waals surface area contributed by atoms with Crippen LogP contribution in [0.4, 0.5) is 5.13 Å². The highest BCUT2D eigenvalue weighted by Gasteiger charge is 2.58. The Kier molecular flexibility index (Phi) is 4.73. The van der Waals surface area contributed by atoms with Crippen molar-refractivity contribution < 1.29 is 14.4 Å². The Morgan fingerprint density at radius 2 is 1.73 bits per heavy atom. The minimum absolute atomic E-state index is 0.0905. The average Bonchev–Trinajstić information content (AvgIpc) is 3.29. The monoisotopic (exact) mass is 422 g/mol. The van der Waals surface area contributed by atoms with Crippen LogP contribution in [0.5, 0.6) is 0 Å². The summed E-state index contributed by atoms with van der Waals surface area (Å²) in [5.41, 5.74) is 0.891. The SMILES string of the molecule is Cc1nnc(NC(=O)[C@H](Cc2ccccc2)N2C(=O)[C@H]3[C@H](C2=O)[C@H]2C=C[C@H]3CC2)s1. The topological polar surface area (TPSA) is 92.3 Å². The fraction of sp³-hybridized carbons (Fsp3) is 0.409. The largest absolute Gasteiger partial charge is 0.299 e. The van der Waals surface area contributed by atoms with Crippen LogP contribution in [0.2, 0.25) is 0 Å². The number of carbonyl (C=O) groups is 3. The summed E-state index contributed by atoms with van der Waals surface area (Å²) in [5.74, 6) is -1.33. The fourth-order valence-corrected chi connectivity index (χ4v) is 5.67. The first kappa shape index (κ1) is 19.1. The van der Waals surface area contributed by atoms with E-state index in [1.165, 1.54) is 16.2 Å². The van der Waals surface area contributed by atoms with Crippen LogP contribution in [-0.4, -0.2) is 38.9 Å². The van der Waals surface area contributed by atoms with Crippen molar-refractivity contribution in [1.82, 2.24) is 15.1 Å². The third-order valence-corrected chi connectivity index (χ3v) is 7.19. The Hall–Kier alpha value is -2.87. The van der Waals surface area contributed by atoms with E-state index in [1.807, 2.05) is 30.3 Å². The second-order valence-electron chi connectivity index (χ2n) is 8.21. The first-order valence-corrected chi connectivity index (χ1v) is 11.0. The van der Waals surface area contributed by atoms with Crippen molar-refractivity contribution in [1.29, 1.82) is 0 Å². The molecular formula is C22H22N4O3S. The summed E-state index contributed by atoms with van der Waals surface area (Å²) in [6.45, 7) is 1.80. The van der Waals surface area contributed by atoms with Gasteiger partial charge in [-0.15, -0.1) is 10.2 Å². The van der Waals surface area contributed by atoms with Crippen LogP contribution in [0, 0.1) is 30.6 Å². The van der Waals surface area contributed by atoms with Gasteiger partial charge in [0.15, 0.2) is 0 Å². The maximum atomic E-state index is 13.4. The Labute approximate surface area is 178 Å². The minimum atomic E-state index is -0.915. The number of hydrogen-bond donors (Lipinski definition) is 1. The molecule has 1 aromatic carbocycles. The molecule has 6 rings (SSSR count). The van der Waals surface area contributed by atoms with Crippen molar-refractivity contribution >= 4 is 34.2 Å². The van der Waals surface area contributed by atoms with Crippen LogP contribution in [0.1, 0.15) is 23.4 Å². The number of likely N-dealkylation sites (tertiary alicyclic amines) is 1. The van der Waals surface area contributed by atoms with Gasteiger partial charge in [-0.1, -0.05) is 53.8 Å². The molecule has 1 saturated carbocycles. The van der Waals surface area contributed by atoms with E-state index < -0.39 is 11.9 Å².